The smallest absolute Gasteiger partial charge is 0.266 e. The highest BCUT2D eigenvalue weighted by atomic mass is 32.1. The van der Waals surface area contributed by atoms with Crippen LogP contribution in [0, 0.1) is 6.92 Å². The maximum absolute atomic E-state index is 12.1. The largest absolute Gasteiger partial charge is 0.463 e. The highest BCUT2D eigenvalue weighted by Crippen LogP contribution is 2.19. The molecule has 0 unspecified atom stereocenters. The number of rotatable bonds is 5. The maximum atomic E-state index is 12.1. The topological polar surface area (TPSA) is 69.0 Å². The molecule has 2 heterocycles. The summed E-state index contributed by atoms with van der Waals surface area (Å²) >= 11 is 1.36. The van der Waals surface area contributed by atoms with Crippen LogP contribution in [0.4, 0.5) is 5.13 Å². The molecular formula is C16H16N4O2S. The summed E-state index contributed by atoms with van der Waals surface area (Å²) in [7, 11) is 0. The van der Waals surface area contributed by atoms with E-state index in [1.807, 2.05) is 43.5 Å². The number of nitrogens with one attached hydrogen (secondary N) is 1. The second-order valence-electron chi connectivity index (χ2n) is 4.98. The first-order chi connectivity index (χ1) is 11.1. The van der Waals surface area contributed by atoms with Crippen molar-refractivity contribution in [3.8, 4) is 11.6 Å². The van der Waals surface area contributed by atoms with Crippen molar-refractivity contribution in [2.24, 2.45) is 0 Å². The number of aromatic nitrogens is 3. The van der Waals surface area contributed by atoms with Gasteiger partial charge < -0.3 is 4.74 Å². The molecule has 0 saturated carbocycles. The second kappa shape index (κ2) is 6.62. The van der Waals surface area contributed by atoms with Crippen LogP contribution >= 0.6 is 11.3 Å². The number of amides is 1. The average Bonchev–Trinajstić information content (AvgIpc) is 3.18. The van der Waals surface area contributed by atoms with Crippen LogP contribution in [0.1, 0.15) is 12.5 Å². The summed E-state index contributed by atoms with van der Waals surface area (Å²) in [6.45, 7) is 3.58. The first kappa shape index (κ1) is 15.2. The molecule has 0 bridgehead atoms. The SMILES string of the molecule is Cc1cn(-c2ccccc2)nc1O[C@@H](C)C(=O)Nc1nccs1. The normalized spacial score (nSPS) is 11.9. The van der Waals surface area contributed by atoms with Crippen molar-refractivity contribution in [3.63, 3.8) is 0 Å². The van der Waals surface area contributed by atoms with E-state index in [9.17, 15) is 4.79 Å². The zero-order valence-electron chi connectivity index (χ0n) is 12.8. The van der Waals surface area contributed by atoms with E-state index in [0.717, 1.165) is 11.3 Å². The lowest BCUT2D eigenvalue weighted by molar-refractivity contribution is -0.122. The van der Waals surface area contributed by atoms with E-state index in [2.05, 4.69) is 15.4 Å². The van der Waals surface area contributed by atoms with Crippen LogP contribution < -0.4 is 10.1 Å². The third kappa shape index (κ3) is 3.57. The van der Waals surface area contributed by atoms with Crippen molar-refractivity contribution in [3.05, 3.63) is 53.7 Å². The standard InChI is InChI=1S/C16H16N4O2S/c1-11-10-20(13-6-4-3-5-7-13)19-15(11)22-12(2)14(21)18-16-17-8-9-23-16/h3-10,12H,1-2H3,(H,17,18,21)/t12-/m0/s1. The lowest BCUT2D eigenvalue weighted by Crippen LogP contribution is -2.30. The summed E-state index contributed by atoms with van der Waals surface area (Å²) in [6, 6.07) is 9.74. The minimum absolute atomic E-state index is 0.256. The van der Waals surface area contributed by atoms with Gasteiger partial charge in [0.05, 0.1) is 5.69 Å². The van der Waals surface area contributed by atoms with Crippen LogP contribution in [0.3, 0.4) is 0 Å². The molecular weight excluding hydrogens is 312 g/mol. The minimum Gasteiger partial charge on any atom is -0.463 e. The Kier molecular flexibility index (Phi) is 4.38. The molecule has 23 heavy (non-hydrogen) atoms. The summed E-state index contributed by atoms with van der Waals surface area (Å²) < 4.78 is 7.42. The Bertz CT molecular complexity index is 784. The highest BCUT2D eigenvalue weighted by molar-refractivity contribution is 7.13. The Balaban J connectivity index is 1.70. The van der Waals surface area contributed by atoms with Crippen molar-refractivity contribution >= 4 is 22.4 Å². The minimum atomic E-state index is -0.670. The van der Waals surface area contributed by atoms with Crippen molar-refractivity contribution in [1.82, 2.24) is 14.8 Å². The van der Waals surface area contributed by atoms with Gasteiger partial charge >= 0.3 is 0 Å². The molecule has 1 amide bonds. The summed E-state index contributed by atoms with van der Waals surface area (Å²) in [5, 5.41) is 9.46. The number of benzene rings is 1. The Hall–Kier alpha value is -2.67. The monoisotopic (exact) mass is 328 g/mol. The lowest BCUT2D eigenvalue weighted by Gasteiger charge is -2.12. The van der Waals surface area contributed by atoms with Crippen molar-refractivity contribution in [2.45, 2.75) is 20.0 Å². The van der Waals surface area contributed by atoms with E-state index in [1.54, 1.807) is 23.2 Å². The molecule has 0 spiro atoms. The average molecular weight is 328 g/mol. The van der Waals surface area contributed by atoms with Crippen LogP contribution in [0.15, 0.2) is 48.1 Å². The van der Waals surface area contributed by atoms with Gasteiger partial charge in [-0.2, -0.15) is 0 Å². The number of thiazole rings is 1. The maximum Gasteiger partial charge on any atom is 0.266 e. The predicted octanol–water partition coefficient (Wildman–Crippen LogP) is 3.04. The Morgan fingerprint density at radius 1 is 1.35 bits per heavy atom. The van der Waals surface area contributed by atoms with Gasteiger partial charge in [0.2, 0.25) is 5.88 Å². The Morgan fingerprint density at radius 2 is 2.13 bits per heavy atom. The zero-order chi connectivity index (χ0) is 16.2. The van der Waals surface area contributed by atoms with Crippen molar-refractivity contribution in [2.75, 3.05) is 5.32 Å². The number of anilines is 1. The first-order valence-electron chi connectivity index (χ1n) is 7.12. The number of nitrogens with zero attached hydrogens (tertiary/aromatic N) is 3. The summed E-state index contributed by atoms with van der Waals surface area (Å²) in [4.78, 5) is 16.1. The van der Waals surface area contributed by atoms with Gasteiger partial charge in [-0.15, -0.1) is 16.4 Å². The summed E-state index contributed by atoms with van der Waals surface area (Å²) in [5.74, 6) is 0.184. The van der Waals surface area contributed by atoms with Gasteiger partial charge in [-0.05, 0) is 26.0 Å². The predicted molar refractivity (Wildman–Crippen MR) is 89.1 cm³/mol. The van der Waals surface area contributed by atoms with Crippen molar-refractivity contribution < 1.29 is 9.53 Å². The van der Waals surface area contributed by atoms with Crippen LogP contribution in [0.5, 0.6) is 5.88 Å². The molecule has 1 aromatic carbocycles. The molecule has 0 saturated heterocycles. The van der Waals surface area contributed by atoms with Crippen LogP contribution in [0.25, 0.3) is 5.69 Å². The van der Waals surface area contributed by atoms with Crippen molar-refractivity contribution in [1.29, 1.82) is 0 Å². The summed E-state index contributed by atoms with van der Waals surface area (Å²) in [5.41, 5.74) is 1.80. The van der Waals surface area contributed by atoms with E-state index >= 15 is 0 Å². The number of carbonyl (C=O) groups is 1. The molecule has 1 atom stereocenters. The second-order valence-corrected chi connectivity index (χ2v) is 5.88. The van der Waals surface area contributed by atoms with Gasteiger partial charge in [-0.1, -0.05) is 18.2 Å². The van der Waals surface area contributed by atoms with Gasteiger partial charge in [-0.3, -0.25) is 10.1 Å². The van der Waals surface area contributed by atoms with E-state index in [1.165, 1.54) is 11.3 Å². The molecule has 0 aliphatic carbocycles. The third-order valence-corrected chi connectivity index (χ3v) is 3.88. The van der Waals surface area contributed by atoms with Gasteiger partial charge in [0.1, 0.15) is 0 Å². The van der Waals surface area contributed by atoms with E-state index < -0.39 is 6.10 Å². The molecule has 3 rings (SSSR count). The molecule has 0 fully saturated rings. The third-order valence-electron chi connectivity index (χ3n) is 3.19. The van der Waals surface area contributed by atoms with E-state index in [4.69, 9.17) is 4.74 Å². The molecule has 0 aliphatic heterocycles. The fraction of sp³-hybridized carbons (Fsp3) is 0.188. The molecule has 6 nitrogen and oxygen atoms in total. The van der Waals surface area contributed by atoms with Gasteiger partial charge in [0, 0.05) is 23.3 Å². The molecule has 0 radical (unpaired) electrons. The van der Waals surface area contributed by atoms with Gasteiger partial charge in [0.15, 0.2) is 11.2 Å². The fourth-order valence-corrected chi connectivity index (χ4v) is 2.52. The van der Waals surface area contributed by atoms with E-state index in [-0.39, 0.29) is 5.91 Å². The fourth-order valence-electron chi connectivity index (χ4n) is 1.99. The first-order valence-corrected chi connectivity index (χ1v) is 8.00. The van der Waals surface area contributed by atoms with Crippen LogP contribution in [-0.2, 0) is 4.79 Å². The number of carbonyl (C=O) groups excluding carboxylic acids is 1. The Morgan fingerprint density at radius 3 is 2.83 bits per heavy atom. The lowest BCUT2D eigenvalue weighted by atomic mass is 10.3. The quantitative estimate of drug-likeness (QED) is 0.781. The molecule has 0 aliphatic rings. The zero-order valence-corrected chi connectivity index (χ0v) is 13.6. The van der Waals surface area contributed by atoms with E-state index in [0.29, 0.717) is 11.0 Å². The van der Waals surface area contributed by atoms with Crippen LogP contribution in [0.2, 0.25) is 0 Å². The number of aryl methyl sites for hydroxylation is 1. The Labute approximate surface area is 137 Å². The highest BCUT2D eigenvalue weighted by Gasteiger charge is 2.18. The van der Waals surface area contributed by atoms with Gasteiger partial charge in [-0.25, -0.2) is 9.67 Å². The molecule has 118 valence electrons. The number of hydrogen-bond acceptors (Lipinski definition) is 5. The molecule has 2 aromatic heterocycles. The number of ether oxygens (including phenoxy) is 1. The van der Waals surface area contributed by atoms with Gasteiger partial charge in [0.25, 0.3) is 5.91 Å². The number of hydrogen-bond donors (Lipinski definition) is 1. The molecule has 7 heteroatoms. The molecule has 1 N–H and O–H groups in total. The molecule has 3 aromatic rings. The summed E-state index contributed by atoms with van der Waals surface area (Å²) in [6.07, 6.45) is 2.84. The van der Waals surface area contributed by atoms with Crippen LogP contribution in [-0.4, -0.2) is 26.8 Å². The number of para-hydroxylation sites is 1.